The van der Waals surface area contributed by atoms with Crippen LogP contribution in [0.1, 0.15) is 32.3 Å². The SMILES string of the molecule is COC(=O)[C@H](COC(C)(C)C)c1ccc(Br)cc1. The number of halogens is 1. The van der Waals surface area contributed by atoms with Crippen LogP contribution in [-0.4, -0.2) is 25.3 Å². The highest BCUT2D eigenvalue weighted by atomic mass is 79.9. The number of benzene rings is 1. The minimum Gasteiger partial charge on any atom is -0.468 e. The molecule has 3 nitrogen and oxygen atoms in total. The molecule has 0 aliphatic heterocycles. The summed E-state index contributed by atoms with van der Waals surface area (Å²) in [5.41, 5.74) is 0.621. The highest BCUT2D eigenvalue weighted by Gasteiger charge is 2.24. The van der Waals surface area contributed by atoms with Gasteiger partial charge in [0.25, 0.3) is 0 Å². The first-order chi connectivity index (χ1) is 8.33. The Morgan fingerprint density at radius 3 is 2.28 bits per heavy atom. The Morgan fingerprint density at radius 1 is 1.28 bits per heavy atom. The fraction of sp³-hybridized carbons (Fsp3) is 0.500. The van der Waals surface area contributed by atoms with Crippen molar-refractivity contribution in [3.05, 3.63) is 34.3 Å². The third-order valence-corrected chi connectivity index (χ3v) is 2.97. The van der Waals surface area contributed by atoms with Crippen molar-refractivity contribution in [1.29, 1.82) is 0 Å². The zero-order valence-corrected chi connectivity index (χ0v) is 12.8. The van der Waals surface area contributed by atoms with Gasteiger partial charge in [0.2, 0.25) is 0 Å². The van der Waals surface area contributed by atoms with Crippen LogP contribution in [0.15, 0.2) is 28.7 Å². The van der Waals surface area contributed by atoms with Crippen molar-refractivity contribution in [3.63, 3.8) is 0 Å². The minimum atomic E-state index is -0.387. The van der Waals surface area contributed by atoms with Crippen LogP contribution in [0.4, 0.5) is 0 Å². The molecular formula is C14H19BrO3. The molecule has 18 heavy (non-hydrogen) atoms. The highest BCUT2D eigenvalue weighted by molar-refractivity contribution is 9.10. The first-order valence-corrected chi connectivity index (χ1v) is 6.60. The quantitative estimate of drug-likeness (QED) is 0.798. The topological polar surface area (TPSA) is 35.5 Å². The minimum absolute atomic E-state index is 0.276. The van der Waals surface area contributed by atoms with E-state index in [0.717, 1.165) is 10.0 Å². The zero-order valence-electron chi connectivity index (χ0n) is 11.2. The van der Waals surface area contributed by atoms with Crippen LogP contribution in [-0.2, 0) is 14.3 Å². The molecular weight excluding hydrogens is 296 g/mol. The van der Waals surface area contributed by atoms with Crippen molar-refractivity contribution in [2.75, 3.05) is 13.7 Å². The van der Waals surface area contributed by atoms with E-state index in [1.54, 1.807) is 0 Å². The monoisotopic (exact) mass is 314 g/mol. The van der Waals surface area contributed by atoms with Gasteiger partial charge < -0.3 is 9.47 Å². The van der Waals surface area contributed by atoms with Crippen LogP contribution in [0, 0.1) is 0 Å². The summed E-state index contributed by atoms with van der Waals surface area (Å²) in [7, 11) is 1.39. The number of carbonyl (C=O) groups is 1. The second kappa shape index (κ2) is 6.34. The van der Waals surface area contributed by atoms with Gasteiger partial charge in [-0.3, -0.25) is 4.79 Å². The van der Waals surface area contributed by atoms with Gasteiger partial charge in [-0.2, -0.15) is 0 Å². The van der Waals surface area contributed by atoms with E-state index in [9.17, 15) is 4.79 Å². The predicted molar refractivity (Wildman–Crippen MR) is 74.6 cm³/mol. The summed E-state index contributed by atoms with van der Waals surface area (Å²) in [6.45, 7) is 6.20. The number of hydrogen-bond acceptors (Lipinski definition) is 3. The van der Waals surface area contributed by atoms with E-state index in [1.807, 2.05) is 45.0 Å². The molecule has 0 saturated heterocycles. The van der Waals surface area contributed by atoms with Crippen molar-refractivity contribution in [3.8, 4) is 0 Å². The molecule has 1 rings (SSSR count). The van der Waals surface area contributed by atoms with E-state index in [-0.39, 0.29) is 17.5 Å². The molecule has 0 N–H and O–H groups in total. The molecule has 0 heterocycles. The lowest BCUT2D eigenvalue weighted by atomic mass is 10.00. The van der Waals surface area contributed by atoms with E-state index in [0.29, 0.717) is 6.61 Å². The molecule has 0 aromatic heterocycles. The van der Waals surface area contributed by atoms with Gasteiger partial charge in [0.15, 0.2) is 0 Å². The number of hydrogen-bond donors (Lipinski definition) is 0. The second-order valence-corrected chi connectivity index (χ2v) is 5.97. The zero-order chi connectivity index (χ0) is 13.8. The summed E-state index contributed by atoms with van der Waals surface area (Å²) >= 11 is 3.37. The third-order valence-electron chi connectivity index (χ3n) is 2.44. The molecule has 1 atom stereocenters. The first-order valence-electron chi connectivity index (χ1n) is 5.81. The summed E-state index contributed by atoms with van der Waals surface area (Å²) in [5, 5.41) is 0. The average molecular weight is 315 g/mol. The molecule has 4 heteroatoms. The van der Waals surface area contributed by atoms with Crippen LogP contribution >= 0.6 is 15.9 Å². The van der Waals surface area contributed by atoms with Crippen LogP contribution in [0.25, 0.3) is 0 Å². The lowest BCUT2D eigenvalue weighted by Crippen LogP contribution is -2.27. The molecule has 100 valence electrons. The maximum Gasteiger partial charge on any atom is 0.315 e. The molecule has 0 saturated carbocycles. The van der Waals surface area contributed by atoms with Gasteiger partial charge in [0.05, 0.1) is 19.3 Å². The van der Waals surface area contributed by atoms with E-state index < -0.39 is 0 Å². The van der Waals surface area contributed by atoms with Gasteiger partial charge >= 0.3 is 5.97 Å². The lowest BCUT2D eigenvalue weighted by molar-refractivity contribution is -0.145. The Morgan fingerprint density at radius 2 is 1.83 bits per heavy atom. The number of ether oxygens (including phenoxy) is 2. The molecule has 0 radical (unpaired) electrons. The van der Waals surface area contributed by atoms with Crippen LogP contribution in [0.5, 0.6) is 0 Å². The summed E-state index contributed by atoms with van der Waals surface area (Å²) < 4.78 is 11.5. The van der Waals surface area contributed by atoms with Gasteiger partial charge in [0, 0.05) is 4.47 Å². The van der Waals surface area contributed by atoms with Crippen LogP contribution in [0.2, 0.25) is 0 Å². The highest BCUT2D eigenvalue weighted by Crippen LogP contribution is 2.22. The molecule has 0 bridgehead atoms. The number of esters is 1. The van der Waals surface area contributed by atoms with Gasteiger partial charge in [0.1, 0.15) is 5.92 Å². The second-order valence-electron chi connectivity index (χ2n) is 5.05. The van der Waals surface area contributed by atoms with Crippen LogP contribution < -0.4 is 0 Å². The summed E-state index contributed by atoms with van der Waals surface area (Å²) in [4.78, 5) is 11.8. The van der Waals surface area contributed by atoms with E-state index in [2.05, 4.69) is 15.9 Å². The Kier molecular flexibility index (Phi) is 5.35. The maximum absolute atomic E-state index is 11.8. The van der Waals surface area contributed by atoms with Gasteiger partial charge in [-0.05, 0) is 38.5 Å². The number of methoxy groups -OCH3 is 1. The number of rotatable bonds is 4. The Hall–Kier alpha value is -0.870. The molecule has 0 aliphatic carbocycles. The first kappa shape index (κ1) is 15.2. The Bertz CT molecular complexity index is 392. The van der Waals surface area contributed by atoms with Gasteiger partial charge in [-0.15, -0.1) is 0 Å². The molecule has 0 amide bonds. The summed E-state index contributed by atoms with van der Waals surface area (Å²) in [5.74, 6) is -0.663. The molecule has 0 unspecified atom stereocenters. The summed E-state index contributed by atoms with van der Waals surface area (Å²) in [6.07, 6.45) is 0. The average Bonchev–Trinajstić information content (AvgIpc) is 2.29. The molecule has 0 fully saturated rings. The lowest BCUT2D eigenvalue weighted by Gasteiger charge is -2.23. The fourth-order valence-electron chi connectivity index (χ4n) is 1.47. The molecule has 1 aromatic rings. The molecule has 0 spiro atoms. The largest absolute Gasteiger partial charge is 0.468 e. The van der Waals surface area contributed by atoms with Crippen LogP contribution in [0.3, 0.4) is 0 Å². The standard InChI is InChI=1S/C14H19BrO3/c1-14(2,3)18-9-12(13(16)17-4)10-5-7-11(15)8-6-10/h5-8,12H,9H2,1-4H3/t12-/m1/s1. The Labute approximate surface area is 117 Å². The van der Waals surface area contributed by atoms with Gasteiger partial charge in [-0.25, -0.2) is 0 Å². The normalized spacial score (nSPS) is 13.2. The van der Waals surface area contributed by atoms with Gasteiger partial charge in [-0.1, -0.05) is 28.1 Å². The van der Waals surface area contributed by atoms with Crippen molar-refractivity contribution < 1.29 is 14.3 Å². The van der Waals surface area contributed by atoms with Crippen molar-refractivity contribution in [2.45, 2.75) is 32.3 Å². The van der Waals surface area contributed by atoms with E-state index in [1.165, 1.54) is 7.11 Å². The maximum atomic E-state index is 11.8. The number of carbonyl (C=O) groups excluding carboxylic acids is 1. The predicted octanol–water partition coefficient (Wildman–Crippen LogP) is 3.52. The molecule has 0 aliphatic rings. The van der Waals surface area contributed by atoms with E-state index in [4.69, 9.17) is 9.47 Å². The van der Waals surface area contributed by atoms with Crippen molar-refractivity contribution in [2.24, 2.45) is 0 Å². The molecule has 1 aromatic carbocycles. The Balaban J connectivity index is 2.85. The smallest absolute Gasteiger partial charge is 0.315 e. The van der Waals surface area contributed by atoms with E-state index >= 15 is 0 Å². The fourth-order valence-corrected chi connectivity index (χ4v) is 1.74. The van der Waals surface area contributed by atoms with Crippen molar-refractivity contribution >= 4 is 21.9 Å². The third kappa shape index (κ3) is 4.78. The summed E-state index contributed by atoms with van der Waals surface area (Å²) in [6, 6.07) is 7.61. The van der Waals surface area contributed by atoms with Crippen molar-refractivity contribution in [1.82, 2.24) is 0 Å².